The van der Waals surface area contributed by atoms with E-state index < -0.39 is 0 Å². The number of hydrogen-bond donors (Lipinski definition) is 1. The Bertz CT molecular complexity index is 304. The predicted molar refractivity (Wildman–Crippen MR) is 65.4 cm³/mol. The first-order valence-electron chi connectivity index (χ1n) is 5.88. The van der Waals surface area contributed by atoms with Gasteiger partial charge < -0.3 is 5.32 Å². The summed E-state index contributed by atoms with van der Waals surface area (Å²) < 4.78 is 0. The van der Waals surface area contributed by atoms with Crippen molar-refractivity contribution in [3.8, 4) is 0 Å². The maximum Gasteiger partial charge on any atom is 0.0897 e. The van der Waals surface area contributed by atoms with Gasteiger partial charge in [0, 0.05) is 11.4 Å². The predicted octanol–water partition coefficient (Wildman–Crippen LogP) is 2.77. The minimum atomic E-state index is 0.771. The summed E-state index contributed by atoms with van der Waals surface area (Å²) in [5.74, 6) is 0.771. The highest BCUT2D eigenvalue weighted by Crippen LogP contribution is 2.19. The molecule has 1 atom stereocenters. The second-order valence-corrected chi connectivity index (χ2v) is 5.75. The van der Waals surface area contributed by atoms with Crippen molar-refractivity contribution in [1.82, 2.24) is 10.3 Å². The van der Waals surface area contributed by atoms with Crippen molar-refractivity contribution in [2.24, 2.45) is 5.92 Å². The minimum Gasteiger partial charge on any atom is -0.314 e. The second-order valence-electron chi connectivity index (χ2n) is 4.68. The van der Waals surface area contributed by atoms with E-state index in [1.54, 1.807) is 11.3 Å². The minimum absolute atomic E-state index is 0.771. The summed E-state index contributed by atoms with van der Waals surface area (Å²) in [7, 11) is 0. The number of thiazole rings is 1. The standard InChI is InChI=1S/C12H20N2S/c1-9(7-13-11-5-6-11)3-4-12-8-15-10(2)14-12/h8-9,11,13H,3-7H2,1-2H3. The lowest BCUT2D eigenvalue weighted by Gasteiger charge is -2.10. The first-order valence-corrected chi connectivity index (χ1v) is 6.76. The molecule has 0 spiro atoms. The Hall–Kier alpha value is -0.410. The Morgan fingerprint density at radius 1 is 1.60 bits per heavy atom. The zero-order valence-corrected chi connectivity index (χ0v) is 10.4. The molecule has 0 saturated heterocycles. The largest absolute Gasteiger partial charge is 0.314 e. The molecule has 1 fully saturated rings. The summed E-state index contributed by atoms with van der Waals surface area (Å²) in [6.45, 7) is 5.58. The van der Waals surface area contributed by atoms with Crippen LogP contribution in [0.1, 0.15) is 36.9 Å². The first kappa shape index (κ1) is 11.1. The molecule has 2 rings (SSSR count). The SMILES string of the molecule is Cc1nc(CCC(C)CNC2CC2)cs1. The highest BCUT2D eigenvalue weighted by Gasteiger charge is 2.20. The molecule has 2 nitrogen and oxygen atoms in total. The zero-order valence-electron chi connectivity index (χ0n) is 9.62. The summed E-state index contributed by atoms with van der Waals surface area (Å²) in [5.41, 5.74) is 1.27. The number of hydrogen-bond acceptors (Lipinski definition) is 3. The highest BCUT2D eigenvalue weighted by atomic mass is 32.1. The third-order valence-corrected chi connectivity index (χ3v) is 3.71. The molecule has 1 N–H and O–H groups in total. The number of nitrogens with zero attached hydrogens (tertiary/aromatic N) is 1. The Labute approximate surface area is 96.1 Å². The summed E-state index contributed by atoms with van der Waals surface area (Å²) in [4.78, 5) is 4.49. The number of nitrogens with one attached hydrogen (secondary N) is 1. The van der Waals surface area contributed by atoms with E-state index in [9.17, 15) is 0 Å². The molecule has 0 aromatic carbocycles. The molecular formula is C12H20N2S. The molecule has 0 amide bonds. The monoisotopic (exact) mass is 224 g/mol. The average Bonchev–Trinajstić information content (AvgIpc) is 2.95. The first-order chi connectivity index (χ1) is 7.24. The maximum atomic E-state index is 4.49. The molecule has 0 radical (unpaired) electrons. The molecule has 0 bridgehead atoms. The van der Waals surface area contributed by atoms with E-state index >= 15 is 0 Å². The van der Waals surface area contributed by atoms with Gasteiger partial charge in [-0.2, -0.15) is 0 Å². The van der Waals surface area contributed by atoms with E-state index in [-0.39, 0.29) is 0 Å². The molecule has 1 saturated carbocycles. The number of aromatic nitrogens is 1. The molecule has 1 aliphatic carbocycles. The fraction of sp³-hybridized carbons (Fsp3) is 0.750. The summed E-state index contributed by atoms with van der Waals surface area (Å²) in [5, 5.41) is 6.96. The van der Waals surface area contributed by atoms with Gasteiger partial charge in [-0.25, -0.2) is 4.98 Å². The zero-order chi connectivity index (χ0) is 10.7. The molecule has 1 aromatic rings. The van der Waals surface area contributed by atoms with Crippen LogP contribution in [0.3, 0.4) is 0 Å². The van der Waals surface area contributed by atoms with Gasteiger partial charge in [-0.1, -0.05) is 6.92 Å². The van der Waals surface area contributed by atoms with Crippen LogP contribution in [0.25, 0.3) is 0 Å². The molecule has 3 heteroatoms. The van der Waals surface area contributed by atoms with Crippen molar-refractivity contribution >= 4 is 11.3 Å². The quantitative estimate of drug-likeness (QED) is 0.803. The number of rotatable bonds is 6. The third-order valence-electron chi connectivity index (χ3n) is 2.89. The molecule has 1 aromatic heterocycles. The van der Waals surface area contributed by atoms with Gasteiger partial charge >= 0.3 is 0 Å². The lowest BCUT2D eigenvalue weighted by atomic mass is 10.0. The lowest BCUT2D eigenvalue weighted by molar-refractivity contribution is 0.478. The summed E-state index contributed by atoms with van der Waals surface area (Å²) >= 11 is 1.76. The smallest absolute Gasteiger partial charge is 0.0897 e. The Balaban J connectivity index is 1.63. The van der Waals surface area contributed by atoms with Crippen molar-refractivity contribution in [2.75, 3.05) is 6.54 Å². The Morgan fingerprint density at radius 3 is 3.00 bits per heavy atom. The summed E-state index contributed by atoms with van der Waals surface area (Å²) in [6.07, 6.45) is 5.16. The van der Waals surface area contributed by atoms with Crippen LogP contribution in [0, 0.1) is 12.8 Å². The maximum absolute atomic E-state index is 4.49. The van der Waals surface area contributed by atoms with Crippen molar-refractivity contribution < 1.29 is 0 Å². The van der Waals surface area contributed by atoms with Crippen molar-refractivity contribution in [1.29, 1.82) is 0 Å². The van der Waals surface area contributed by atoms with E-state index in [0.29, 0.717) is 0 Å². The average molecular weight is 224 g/mol. The molecule has 15 heavy (non-hydrogen) atoms. The molecule has 84 valence electrons. The van der Waals surface area contributed by atoms with Crippen LogP contribution in [0.15, 0.2) is 5.38 Å². The Morgan fingerprint density at radius 2 is 2.40 bits per heavy atom. The van der Waals surface area contributed by atoms with Gasteiger partial charge in [0.05, 0.1) is 10.7 Å². The van der Waals surface area contributed by atoms with Crippen LogP contribution >= 0.6 is 11.3 Å². The molecule has 1 heterocycles. The van der Waals surface area contributed by atoms with Crippen molar-refractivity contribution in [2.45, 2.75) is 45.6 Å². The van der Waals surface area contributed by atoms with E-state index in [0.717, 1.165) is 18.4 Å². The molecule has 1 aliphatic rings. The van der Waals surface area contributed by atoms with E-state index in [4.69, 9.17) is 0 Å². The fourth-order valence-corrected chi connectivity index (χ4v) is 2.32. The van der Waals surface area contributed by atoms with Gasteiger partial charge in [0.2, 0.25) is 0 Å². The van der Waals surface area contributed by atoms with E-state index in [1.807, 2.05) is 0 Å². The second kappa shape index (κ2) is 5.08. The molecular weight excluding hydrogens is 204 g/mol. The van der Waals surface area contributed by atoms with E-state index in [2.05, 4.69) is 29.5 Å². The number of aryl methyl sites for hydroxylation is 2. The van der Waals surface area contributed by atoms with Crippen LogP contribution in [0.4, 0.5) is 0 Å². The van der Waals surface area contributed by atoms with Crippen LogP contribution in [-0.4, -0.2) is 17.6 Å². The normalized spacial score (nSPS) is 18.0. The Kier molecular flexibility index (Phi) is 3.76. The topological polar surface area (TPSA) is 24.9 Å². The van der Waals surface area contributed by atoms with Gasteiger partial charge in [-0.15, -0.1) is 11.3 Å². The lowest BCUT2D eigenvalue weighted by Crippen LogP contribution is -2.23. The van der Waals surface area contributed by atoms with Gasteiger partial charge in [-0.3, -0.25) is 0 Å². The van der Waals surface area contributed by atoms with Crippen LogP contribution in [-0.2, 0) is 6.42 Å². The fourth-order valence-electron chi connectivity index (χ4n) is 1.67. The van der Waals surface area contributed by atoms with Gasteiger partial charge in [0.15, 0.2) is 0 Å². The van der Waals surface area contributed by atoms with E-state index in [1.165, 1.54) is 36.5 Å². The van der Waals surface area contributed by atoms with Crippen molar-refractivity contribution in [3.63, 3.8) is 0 Å². The van der Waals surface area contributed by atoms with Crippen LogP contribution < -0.4 is 5.32 Å². The van der Waals surface area contributed by atoms with Gasteiger partial charge in [-0.05, 0) is 45.1 Å². The van der Waals surface area contributed by atoms with Crippen LogP contribution in [0.2, 0.25) is 0 Å². The van der Waals surface area contributed by atoms with Gasteiger partial charge in [0.1, 0.15) is 0 Å². The summed E-state index contributed by atoms with van der Waals surface area (Å²) in [6, 6.07) is 0.842. The van der Waals surface area contributed by atoms with Crippen molar-refractivity contribution in [3.05, 3.63) is 16.1 Å². The van der Waals surface area contributed by atoms with Crippen LogP contribution in [0.5, 0.6) is 0 Å². The third kappa shape index (κ3) is 3.92. The molecule has 1 unspecified atom stereocenters. The molecule has 0 aliphatic heterocycles. The highest BCUT2D eigenvalue weighted by molar-refractivity contribution is 7.09. The van der Waals surface area contributed by atoms with Gasteiger partial charge in [0.25, 0.3) is 0 Å².